The summed E-state index contributed by atoms with van der Waals surface area (Å²) in [6, 6.07) is 0.623. The highest BCUT2D eigenvalue weighted by atomic mass is 127. The molecule has 0 radical (unpaired) electrons. The van der Waals surface area contributed by atoms with Crippen molar-refractivity contribution < 1.29 is 0 Å². The number of halogens is 1. The number of hydrogen-bond donors (Lipinski definition) is 3. The number of rotatable bonds is 1. The third-order valence-electron chi connectivity index (χ3n) is 1.58. The van der Waals surface area contributed by atoms with Crippen molar-refractivity contribution in [2.75, 3.05) is 0 Å². The van der Waals surface area contributed by atoms with Crippen LogP contribution in [0.2, 0.25) is 0 Å². The normalized spacial score (nSPS) is 46.1. The molecule has 48 valence electrons. The molecule has 1 fully saturated rings. The van der Waals surface area contributed by atoms with Crippen molar-refractivity contribution in [2.45, 2.75) is 22.4 Å². The lowest BCUT2D eigenvalue weighted by atomic mass is 9.88. The smallest absolute Gasteiger partial charge is 0.0382 e. The van der Waals surface area contributed by atoms with Crippen molar-refractivity contribution in [3.8, 4) is 0 Å². The second-order valence-electron chi connectivity index (χ2n) is 2.10. The van der Waals surface area contributed by atoms with E-state index in [2.05, 4.69) is 28.0 Å². The van der Waals surface area contributed by atoms with Gasteiger partial charge in [0.2, 0.25) is 0 Å². The number of hydrogen-bond acceptors (Lipinski definition) is 3. The minimum Gasteiger partial charge on any atom is -0.325 e. The van der Waals surface area contributed by atoms with E-state index in [4.69, 9.17) is 11.6 Å². The Bertz CT molecular complexity index is 87.4. The first-order valence-corrected chi connectivity index (χ1v) is 3.86. The highest BCUT2D eigenvalue weighted by Crippen LogP contribution is 2.25. The molecule has 0 spiro atoms. The van der Waals surface area contributed by atoms with Crippen molar-refractivity contribution in [1.29, 1.82) is 0 Å². The molecule has 3 unspecified atom stereocenters. The van der Waals surface area contributed by atoms with Crippen molar-refractivity contribution >= 4 is 22.6 Å². The molecule has 0 aromatic carbocycles. The van der Waals surface area contributed by atoms with Crippen LogP contribution in [0.4, 0.5) is 0 Å². The van der Waals surface area contributed by atoms with Crippen molar-refractivity contribution in [3.05, 3.63) is 0 Å². The Hall–Kier alpha value is 0.610. The van der Waals surface area contributed by atoms with E-state index in [0.29, 0.717) is 9.97 Å². The average molecular weight is 227 g/mol. The minimum absolute atomic E-state index is 0.264. The van der Waals surface area contributed by atoms with Crippen molar-refractivity contribution in [3.63, 3.8) is 0 Å². The molecule has 1 aliphatic carbocycles. The van der Waals surface area contributed by atoms with Gasteiger partial charge < -0.3 is 5.73 Å². The Balaban J connectivity index is 2.25. The highest BCUT2D eigenvalue weighted by Gasteiger charge is 2.35. The number of alkyl halides is 1. The number of nitrogens with two attached hydrogens (primary N) is 2. The van der Waals surface area contributed by atoms with Crippen LogP contribution >= 0.6 is 22.6 Å². The van der Waals surface area contributed by atoms with Gasteiger partial charge in [-0.15, -0.1) is 0 Å². The van der Waals surface area contributed by atoms with E-state index in [1.54, 1.807) is 0 Å². The Labute approximate surface area is 62.3 Å². The summed E-state index contributed by atoms with van der Waals surface area (Å²) in [4.78, 5) is 0. The predicted molar refractivity (Wildman–Crippen MR) is 41.5 cm³/mol. The topological polar surface area (TPSA) is 64.1 Å². The quantitative estimate of drug-likeness (QED) is 0.241. The van der Waals surface area contributed by atoms with E-state index >= 15 is 0 Å². The van der Waals surface area contributed by atoms with E-state index in [9.17, 15) is 0 Å². The van der Waals surface area contributed by atoms with Crippen LogP contribution in [-0.4, -0.2) is 16.0 Å². The molecule has 4 heteroatoms. The summed E-state index contributed by atoms with van der Waals surface area (Å²) >= 11 is 2.34. The summed E-state index contributed by atoms with van der Waals surface area (Å²) in [5.41, 5.74) is 8.28. The Morgan fingerprint density at radius 3 is 2.38 bits per heavy atom. The van der Waals surface area contributed by atoms with Gasteiger partial charge in [0.15, 0.2) is 0 Å². The molecular formula is C4H10IN3. The lowest BCUT2D eigenvalue weighted by Gasteiger charge is -2.38. The Morgan fingerprint density at radius 1 is 1.62 bits per heavy atom. The molecule has 1 rings (SSSR count). The van der Waals surface area contributed by atoms with Gasteiger partial charge in [-0.1, -0.05) is 22.6 Å². The van der Waals surface area contributed by atoms with Crippen molar-refractivity contribution in [1.82, 2.24) is 5.43 Å². The first-order valence-electron chi connectivity index (χ1n) is 2.61. The molecule has 0 aromatic rings. The largest absolute Gasteiger partial charge is 0.325 e. The van der Waals surface area contributed by atoms with Gasteiger partial charge in [-0.2, -0.15) is 0 Å². The lowest BCUT2D eigenvalue weighted by Crippen LogP contribution is -2.61. The average Bonchev–Trinajstić information content (AvgIpc) is 1.81. The van der Waals surface area contributed by atoms with Gasteiger partial charge in [-0.05, 0) is 6.42 Å². The molecular weight excluding hydrogens is 217 g/mol. The zero-order valence-electron chi connectivity index (χ0n) is 4.47. The van der Waals surface area contributed by atoms with Crippen molar-refractivity contribution in [2.24, 2.45) is 11.6 Å². The minimum atomic E-state index is 0.264. The summed E-state index contributed by atoms with van der Waals surface area (Å²) in [5.74, 6) is 5.15. The van der Waals surface area contributed by atoms with Gasteiger partial charge in [-0.3, -0.25) is 11.3 Å². The second-order valence-corrected chi connectivity index (χ2v) is 3.70. The Kier molecular flexibility index (Phi) is 2.07. The number of hydrazine groups is 1. The zero-order valence-corrected chi connectivity index (χ0v) is 6.63. The highest BCUT2D eigenvalue weighted by molar-refractivity contribution is 14.1. The van der Waals surface area contributed by atoms with Crippen LogP contribution in [0.1, 0.15) is 6.42 Å². The van der Waals surface area contributed by atoms with Gasteiger partial charge in [0.25, 0.3) is 0 Å². The molecule has 0 heterocycles. The van der Waals surface area contributed by atoms with E-state index in [-0.39, 0.29) is 6.04 Å². The molecule has 1 saturated carbocycles. The van der Waals surface area contributed by atoms with Crippen LogP contribution in [0.15, 0.2) is 0 Å². The first-order chi connectivity index (χ1) is 3.75. The van der Waals surface area contributed by atoms with Gasteiger partial charge in [0.05, 0.1) is 0 Å². The van der Waals surface area contributed by atoms with Gasteiger partial charge in [-0.25, -0.2) is 0 Å². The third-order valence-corrected chi connectivity index (χ3v) is 2.91. The van der Waals surface area contributed by atoms with Crippen LogP contribution in [0.5, 0.6) is 0 Å². The van der Waals surface area contributed by atoms with Gasteiger partial charge >= 0.3 is 0 Å². The molecule has 0 aliphatic heterocycles. The van der Waals surface area contributed by atoms with Crippen LogP contribution in [-0.2, 0) is 0 Å². The van der Waals surface area contributed by atoms with Crippen LogP contribution in [0, 0.1) is 0 Å². The molecule has 0 bridgehead atoms. The summed E-state index contributed by atoms with van der Waals surface area (Å²) in [5, 5.41) is 0. The SMILES string of the molecule is NNC1CC(I)C1N. The summed E-state index contributed by atoms with van der Waals surface area (Å²) < 4.78 is 0.619. The molecule has 5 N–H and O–H groups in total. The fraction of sp³-hybridized carbons (Fsp3) is 1.00. The van der Waals surface area contributed by atoms with E-state index in [1.165, 1.54) is 0 Å². The van der Waals surface area contributed by atoms with E-state index < -0.39 is 0 Å². The molecule has 1 aliphatic rings. The fourth-order valence-electron chi connectivity index (χ4n) is 0.792. The maximum atomic E-state index is 5.63. The third kappa shape index (κ3) is 0.975. The monoisotopic (exact) mass is 227 g/mol. The summed E-state index contributed by atoms with van der Waals surface area (Å²) in [6.45, 7) is 0. The van der Waals surface area contributed by atoms with E-state index in [1.807, 2.05) is 0 Å². The van der Waals surface area contributed by atoms with Crippen LogP contribution < -0.4 is 17.0 Å². The maximum absolute atomic E-state index is 5.63. The van der Waals surface area contributed by atoms with Gasteiger partial charge in [0.1, 0.15) is 0 Å². The second kappa shape index (κ2) is 2.47. The standard InChI is InChI=1S/C4H10IN3/c5-2-1-3(8-7)4(2)6/h2-4,8H,1,6-7H2. The molecule has 8 heavy (non-hydrogen) atoms. The Morgan fingerprint density at radius 2 is 2.25 bits per heavy atom. The van der Waals surface area contributed by atoms with Crippen LogP contribution in [0.25, 0.3) is 0 Å². The summed E-state index contributed by atoms with van der Waals surface area (Å²) in [7, 11) is 0. The molecule has 3 atom stereocenters. The first kappa shape index (κ1) is 6.73. The molecule has 0 amide bonds. The predicted octanol–water partition coefficient (Wildman–Crippen LogP) is -0.647. The molecule has 3 nitrogen and oxygen atoms in total. The fourth-order valence-corrected chi connectivity index (χ4v) is 1.84. The maximum Gasteiger partial charge on any atom is 0.0382 e. The number of nitrogens with one attached hydrogen (secondary N) is 1. The zero-order chi connectivity index (χ0) is 6.15. The van der Waals surface area contributed by atoms with Gasteiger partial charge in [0, 0.05) is 16.0 Å². The summed E-state index contributed by atoms with van der Waals surface area (Å²) in [6.07, 6.45) is 1.11. The molecule has 0 saturated heterocycles. The molecule has 0 aromatic heterocycles. The van der Waals surface area contributed by atoms with E-state index in [0.717, 1.165) is 6.42 Å². The lowest BCUT2D eigenvalue weighted by molar-refractivity contribution is 0.311. The van der Waals surface area contributed by atoms with Crippen LogP contribution in [0.3, 0.4) is 0 Å².